The van der Waals surface area contributed by atoms with Crippen molar-refractivity contribution in [2.45, 2.75) is 20.3 Å². The molecular formula is C18H18N2O3. The van der Waals surface area contributed by atoms with Gasteiger partial charge in [0.2, 0.25) is 11.8 Å². The van der Waals surface area contributed by atoms with Gasteiger partial charge in [0.1, 0.15) is 12.3 Å². The van der Waals surface area contributed by atoms with Crippen molar-refractivity contribution in [3.63, 3.8) is 0 Å². The van der Waals surface area contributed by atoms with Crippen LogP contribution in [0.25, 0.3) is 0 Å². The summed E-state index contributed by atoms with van der Waals surface area (Å²) in [4.78, 5) is 29.9. The van der Waals surface area contributed by atoms with Gasteiger partial charge in [0, 0.05) is 11.8 Å². The number of nitrogens with zero attached hydrogens (tertiary/aromatic N) is 2. The first-order chi connectivity index (χ1) is 11.0. The number of Topliss-reactive ketones (excluding diaryl/α,β-unsaturated/α-hetero) is 1. The zero-order chi connectivity index (χ0) is 16.4. The lowest BCUT2D eigenvalue weighted by Crippen LogP contribution is -2.39. The number of pyridine rings is 1. The first-order valence-electron chi connectivity index (χ1n) is 7.54. The van der Waals surface area contributed by atoms with Crippen LogP contribution in [0.5, 0.6) is 5.88 Å². The molecule has 2 heterocycles. The number of ether oxygens (including phenoxy) is 1. The molecule has 0 atom stereocenters. The summed E-state index contributed by atoms with van der Waals surface area (Å²) in [6, 6.07) is 9.07. The third kappa shape index (κ3) is 3.23. The summed E-state index contributed by atoms with van der Waals surface area (Å²) in [5, 5.41) is 0. The van der Waals surface area contributed by atoms with Crippen LogP contribution in [0.2, 0.25) is 0 Å². The number of carbonyl (C=O) groups is 2. The molecule has 1 amide bonds. The number of rotatable bonds is 3. The van der Waals surface area contributed by atoms with Gasteiger partial charge in [-0.25, -0.2) is 4.98 Å². The fourth-order valence-electron chi connectivity index (χ4n) is 2.59. The number of anilines is 1. The molecule has 0 saturated carbocycles. The third-order valence-corrected chi connectivity index (χ3v) is 3.83. The summed E-state index contributed by atoms with van der Waals surface area (Å²) in [5.74, 6) is 0.520. The number of amides is 1. The molecule has 0 spiro atoms. The van der Waals surface area contributed by atoms with Crippen molar-refractivity contribution in [2.24, 2.45) is 0 Å². The number of benzene rings is 1. The molecule has 0 aliphatic carbocycles. The van der Waals surface area contributed by atoms with Gasteiger partial charge in [-0.05, 0) is 31.0 Å². The number of hydrogen-bond donors (Lipinski definition) is 0. The molecule has 3 rings (SSSR count). The Labute approximate surface area is 134 Å². The highest BCUT2D eigenvalue weighted by Gasteiger charge is 2.24. The molecule has 2 aromatic rings. The van der Waals surface area contributed by atoms with E-state index in [1.54, 1.807) is 23.2 Å². The highest BCUT2D eigenvalue weighted by atomic mass is 16.5. The van der Waals surface area contributed by atoms with Gasteiger partial charge < -0.3 is 9.64 Å². The summed E-state index contributed by atoms with van der Waals surface area (Å²) in [7, 11) is 0. The Bertz CT molecular complexity index is 753. The fourth-order valence-corrected chi connectivity index (χ4v) is 2.59. The van der Waals surface area contributed by atoms with Crippen LogP contribution in [0.4, 0.5) is 5.69 Å². The van der Waals surface area contributed by atoms with Crippen LogP contribution < -0.4 is 9.64 Å². The van der Waals surface area contributed by atoms with E-state index in [1.807, 2.05) is 25.1 Å². The summed E-state index contributed by atoms with van der Waals surface area (Å²) in [6.07, 6.45) is 2.01. The molecule has 1 aromatic heterocycles. The summed E-state index contributed by atoms with van der Waals surface area (Å²) in [6.45, 7) is 4.42. The number of hydrogen-bond acceptors (Lipinski definition) is 4. The Hall–Kier alpha value is -2.69. The van der Waals surface area contributed by atoms with E-state index in [-0.39, 0.29) is 18.1 Å². The Morgan fingerprint density at radius 1 is 1.26 bits per heavy atom. The molecule has 0 N–H and O–H groups in total. The van der Waals surface area contributed by atoms with Crippen LogP contribution >= 0.6 is 0 Å². The molecule has 0 radical (unpaired) electrons. The Morgan fingerprint density at radius 2 is 2.00 bits per heavy atom. The molecule has 118 valence electrons. The second-order valence-electron chi connectivity index (χ2n) is 5.66. The molecule has 1 aromatic carbocycles. The largest absolute Gasteiger partial charge is 0.474 e. The van der Waals surface area contributed by atoms with Crippen molar-refractivity contribution in [2.75, 3.05) is 18.1 Å². The molecular weight excluding hydrogens is 292 g/mol. The SMILES string of the molecule is CC(=O)c1ccc(CC(=O)N2CCOc3ncc(C)cc32)cc1. The van der Waals surface area contributed by atoms with Crippen molar-refractivity contribution in [3.8, 4) is 5.88 Å². The van der Waals surface area contributed by atoms with Gasteiger partial charge in [-0.2, -0.15) is 0 Å². The molecule has 5 heteroatoms. The van der Waals surface area contributed by atoms with Gasteiger partial charge >= 0.3 is 0 Å². The van der Waals surface area contributed by atoms with Crippen LogP contribution in [0.3, 0.4) is 0 Å². The van der Waals surface area contributed by atoms with Crippen molar-refractivity contribution in [1.82, 2.24) is 4.98 Å². The van der Waals surface area contributed by atoms with Crippen LogP contribution in [0.1, 0.15) is 28.4 Å². The van der Waals surface area contributed by atoms with E-state index >= 15 is 0 Å². The van der Waals surface area contributed by atoms with Crippen molar-refractivity contribution >= 4 is 17.4 Å². The minimum atomic E-state index is -0.00229. The number of ketones is 1. The predicted molar refractivity (Wildman–Crippen MR) is 87.0 cm³/mol. The Balaban J connectivity index is 1.79. The highest BCUT2D eigenvalue weighted by molar-refractivity contribution is 5.97. The molecule has 1 aliphatic heterocycles. The maximum absolute atomic E-state index is 12.6. The van der Waals surface area contributed by atoms with Gasteiger partial charge in [-0.15, -0.1) is 0 Å². The van der Waals surface area contributed by atoms with Crippen LogP contribution in [0.15, 0.2) is 36.5 Å². The molecule has 0 saturated heterocycles. The summed E-state index contributed by atoms with van der Waals surface area (Å²) >= 11 is 0. The first kappa shape index (κ1) is 15.2. The van der Waals surface area contributed by atoms with E-state index in [0.717, 1.165) is 16.8 Å². The van der Waals surface area contributed by atoms with Gasteiger partial charge in [0.15, 0.2) is 5.78 Å². The summed E-state index contributed by atoms with van der Waals surface area (Å²) < 4.78 is 5.51. The second-order valence-corrected chi connectivity index (χ2v) is 5.66. The normalized spacial score (nSPS) is 13.2. The standard InChI is InChI=1S/C18H18N2O3/c1-12-9-16-18(19-11-12)23-8-7-20(16)17(22)10-14-3-5-15(6-4-14)13(2)21/h3-6,9,11H,7-8,10H2,1-2H3. The van der Waals surface area contributed by atoms with Crippen molar-refractivity contribution in [3.05, 3.63) is 53.2 Å². The quantitative estimate of drug-likeness (QED) is 0.818. The highest BCUT2D eigenvalue weighted by Crippen LogP contribution is 2.30. The molecule has 5 nitrogen and oxygen atoms in total. The molecule has 0 unspecified atom stereocenters. The average molecular weight is 310 g/mol. The van der Waals surface area contributed by atoms with E-state index in [2.05, 4.69) is 4.98 Å². The topological polar surface area (TPSA) is 59.5 Å². The summed E-state index contributed by atoms with van der Waals surface area (Å²) in [5.41, 5.74) is 3.24. The Kier molecular flexibility index (Phi) is 4.10. The number of aryl methyl sites for hydroxylation is 1. The average Bonchev–Trinajstić information content (AvgIpc) is 2.54. The molecule has 23 heavy (non-hydrogen) atoms. The lowest BCUT2D eigenvalue weighted by Gasteiger charge is -2.29. The number of aromatic nitrogens is 1. The lowest BCUT2D eigenvalue weighted by molar-refractivity contribution is -0.118. The van der Waals surface area contributed by atoms with E-state index in [9.17, 15) is 9.59 Å². The van der Waals surface area contributed by atoms with Gasteiger partial charge in [-0.3, -0.25) is 9.59 Å². The number of carbonyl (C=O) groups excluding carboxylic acids is 2. The third-order valence-electron chi connectivity index (χ3n) is 3.83. The van der Waals surface area contributed by atoms with E-state index in [1.165, 1.54) is 6.92 Å². The lowest BCUT2D eigenvalue weighted by atomic mass is 10.1. The molecule has 1 aliphatic rings. The molecule has 0 fully saturated rings. The Morgan fingerprint density at radius 3 is 2.70 bits per heavy atom. The zero-order valence-corrected chi connectivity index (χ0v) is 13.2. The van der Waals surface area contributed by atoms with Crippen LogP contribution in [-0.2, 0) is 11.2 Å². The monoisotopic (exact) mass is 310 g/mol. The smallest absolute Gasteiger partial charge is 0.238 e. The molecule has 0 bridgehead atoms. The van der Waals surface area contributed by atoms with Crippen molar-refractivity contribution < 1.29 is 14.3 Å². The fraction of sp³-hybridized carbons (Fsp3) is 0.278. The van der Waals surface area contributed by atoms with Crippen LogP contribution in [-0.4, -0.2) is 29.8 Å². The minimum absolute atomic E-state index is 0.00229. The van der Waals surface area contributed by atoms with Crippen LogP contribution in [0, 0.1) is 6.92 Å². The zero-order valence-electron chi connectivity index (χ0n) is 13.2. The maximum atomic E-state index is 12.6. The van der Waals surface area contributed by atoms with Gasteiger partial charge in [0.05, 0.1) is 13.0 Å². The first-order valence-corrected chi connectivity index (χ1v) is 7.54. The predicted octanol–water partition coefficient (Wildman–Crippen LogP) is 2.56. The van der Waals surface area contributed by atoms with E-state index in [4.69, 9.17) is 4.74 Å². The van der Waals surface area contributed by atoms with Gasteiger partial charge in [-0.1, -0.05) is 24.3 Å². The van der Waals surface area contributed by atoms with Crippen molar-refractivity contribution in [1.29, 1.82) is 0 Å². The second kappa shape index (κ2) is 6.20. The maximum Gasteiger partial charge on any atom is 0.238 e. The minimum Gasteiger partial charge on any atom is -0.474 e. The van der Waals surface area contributed by atoms with Gasteiger partial charge in [0.25, 0.3) is 0 Å². The van der Waals surface area contributed by atoms with E-state index in [0.29, 0.717) is 24.6 Å². The number of fused-ring (bicyclic) bond motifs is 1. The van der Waals surface area contributed by atoms with E-state index < -0.39 is 0 Å².